The first-order valence-corrected chi connectivity index (χ1v) is 8.94. The average molecular weight is 360 g/mol. The van der Waals surface area contributed by atoms with E-state index in [1.807, 2.05) is 49.4 Å². The number of rotatable bonds is 4. The molecule has 2 aromatic carbocycles. The highest BCUT2D eigenvalue weighted by atomic mass is 35.5. The number of hydrogen-bond acceptors (Lipinski definition) is 3. The molecule has 0 radical (unpaired) electrons. The van der Waals surface area contributed by atoms with Gasteiger partial charge in [-0.15, -0.1) is 0 Å². The van der Waals surface area contributed by atoms with Crippen LogP contribution in [-0.2, 0) is 4.74 Å². The van der Waals surface area contributed by atoms with E-state index in [-0.39, 0.29) is 18.1 Å². The van der Waals surface area contributed by atoms with Crippen molar-refractivity contribution in [1.82, 2.24) is 4.90 Å². The van der Waals surface area contributed by atoms with Gasteiger partial charge in [0.05, 0.1) is 11.6 Å². The van der Waals surface area contributed by atoms with Crippen LogP contribution in [0.2, 0.25) is 5.02 Å². The summed E-state index contributed by atoms with van der Waals surface area (Å²) in [6.07, 6.45) is 0.413. The van der Waals surface area contributed by atoms with E-state index in [1.165, 1.54) is 0 Å². The average Bonchev–Trinajstić information content (AvgIpc) is 2.65. The molecule has 2 atom stereocenters. The third-order valence-corrected chi connectivity index (χ3v) is 4.73. The predicted molar refractivity (Wildman–Crippen MR) is 98.3 cm³/mol. The highest BCUT2D eigenvalue weighted by molar-refractivity contribution is 6.32. The Labute approximate surface area is 153 Å². The molecule has 1 heterocycles. The molecular formula is C20H22ClNO3. The van der Waals surface area contributed by atoms with Crippen LogP contribution in [0.5, 0.6) is 5.75 Å². The van der Waals surface area contributed by atoms with E-state index in [9.17, 15) is 4.79 Å². The van der Waals surface area contributed by atoms with Crippen molar-refractivity contribution in [2.24, 2.45) is 0 Å². The Balaban J connectivity index is 1.81. The van der Waals surface area contributed by atoms with E-state index < -0.39 is 0 Å². The summed E-state index contributed by atoms with van der Waals surface area (Å²) in [6.45, 7) is 3.37. The largest absolute Gasteiger partial charge is 0.488 e. The molecule has 1 fully saturated rings. The second-order valence-corrected chi connectivity index (χ2v) is 6.44. The lowest BCUT2D eigenvalue weighted by atomic mass is 9.88. The normalized spacial score (nSPS) is 20.2. The van der Waals surface area contributed by atoms with Crippen molar-refractivity contribution in [2.75, 3.05) is 19.7 Å². The van der Waals surface area contributed by atoms with Gasteiger partial charge in [0.15, 0.2) is 0 Å². The van der Waals surface area contributed by atoms with Crippen molar-refractivity contribution in [1.29, 1.82) is 0 Å². The number of ether oxygens (including phenoxy) is 2. The number of para-hydroxylation sites is 1. The summed E-state index contributed by atoms with van der Waals surface area (Å²) in [5, 5.41) is 0.599. The minimum Gasteiger partial charge on any atom is -0.488 e. The van der Waals surface area contributed by atoms with Crippen molar-refractivity contribution in [3.63, 3.8) is 0 Å². The maximum Gasteiger partial charge on any atom is 0.409 e. The van der Waals surface area contributed by atoms with Crippen molar-refractivity contribution < 1.29 is 14.3 Å². The van der Waals surface area contributed by atoms with Crippen molar-refractivity contribution in [3.8, 4) is 5.75 Å². The fraction of sp³-hybridized carbons (Fsp3) is 0.350. The molecule has 1 aliphatic heterocycles. The zero-order chi connectivity index (χ0) is 17.6. The van der Waals surface area contributed by atoms with Gasteiger partial charge in [-0.05, 0) is 24.6 Å². The monoisotopic (exact) mass is 359 g/mol. The van der Waals surface area contributed by atoms with Crippen LogP contribution >= 0.6 is 11.6 Å². The van der Waals surface area contributed by atoms with Crippen LogP contribution in [0.25, 0.3) is 0 Å². The van der Waals surface area contributed by atoms with E-state index in [2.05, 4.69) is 12.1 Å². The lowest BCUT2D eigenvalue weighted by Crippen LogP contribution is -2.47. The van der Waals surface area contributed by atoms with Crippen LogP contribution < -0.4 is 4.74 Å². The molecule has 5 heteroatoms. The molecule has 4 nitrogen and oxygen atoms in total. The summed E-state index contributed by atoms with van der Waals surface area (Å²) in [6, 6.07) is 17.6. The predicted octanol–water partition coefficient (Wildman–Crippen LogP) is 4.73. The first-order valence-electron chi connectivity index (χ1n) is 8.57. The molecule has 2 unspecified atom stereocenters. The van der Waals surface area contributed by atoms with Crippen LogP contribution in [0.3, 0.4) is 0 Å². The molecule has 0 saturated carbocycles. The number of benzene rings is 2. The Morgan fingerprint density at radius 2 is 1.88 bits per heavy atom. The molecule has 0 N–H and O–H groups in total. The maximum absolute atomic E-state index is 12.1. The Morgan fingerprint density at radius 1 is 1.16 bits per heavy atom. The second-order valence-electron chi connectivity index (χ2n) is 6.04. The zero-order valence-corrected chi connectivity index (χ0v) is 15.0. The number of piperidine rings is 1. The van der Waals surface area contributed by atoms with Crippen LogP contribution in [0.15, 0.2) is 54.6 Å². The Bertz CT molecular complexity index is 707. The van der Waals surface area contributed by atoms with Gasteiger partial charge < -0.3 is 14.4 Å². The topological polar surface area (TPSA) is 38.8 Å². The number of likely N-dealkylation sites (tertiary alicyclic amines) is 1. The molecule has 2 aromatic rings. The van der Waals surface area contributed by atoms with E-state index in [1.54, 1.807) is 4.90 Å². The molecule has 0 spiro atoms. The van der Waals surface area contributed by atoms with E-state index in [0.717, 1.165) is 12.0 Å². The van der Waals surface area contributed by atoms with Crippen LogP contribution in [-0.4, -0.2) is 36.8 Å². The van der Waals surface area contributed by atoms with Gasteiger partial charge in [0.2, 0.25) is 0 Å². The Hall–Kier alpha value is -2.20. The number of nitrogens with zero attached hydrogens (tertiary/aromatic N) is 1. The molecule has 25 heavy (non-hydrogen) atoms. The Kier molecular flexibility index (Phi) is 5.82. The zero-order valence-electron chi connectivity index (χ0n) is 14.2. The second kappa shape index (κ2) is 8.26. The molecule has 0 aliphatic carbocycles. The van der Waals surface area contributed by atoms with Crippen molar-refractivity contribution in [2.45, 2.75) is 25.4 Å². The first-order chi connectivity index (χ1) is 12.2. The van der Waals surface area contributed by atoms with Crippen LogP contribution in [0.1, 0.15) is 24.8 Å². The first kappa shape index (κ1) is 17.6. The summed E-state index contributed by atoms with van der Waals surface area (Å²) < 4.78 is 11.4. The van der Waals surface area contributed by atoms with Gasteiger partial charge in [-0.25, -0.2) is 4.79 Å². The summed E-state index contributed by atoms with van der Waals surface area (Å²) >= 11 is 6.25. The molecule has 1 saturated heterocycles. The molecule has 132 valence electrons. The number of halogens is 1. The van der Waals surface area contributed by atoms with Gasteiger partial charge >= 0.3 is 6.09 Å². The standard InChI is InChI=1S/C20H22ClNO3/c1-2-24-20(23)22-13-12-18(25-19-11-7-6-10-17(19)21)16(14-22)15-8-4-3-5-9-15/h3-11,16,18H,2,12-14H2,1H3. The van der Waals surface area contributed by atoms with E-state index in [4.69, 9.17) is 21.1 Å². The third kappa shape index (κ3) is 4.26. The molecule has 1 amide bonds. The minimum absolute atomic E-state index is 0.0482. The number of hydrogen-bond donors (Lipinski definition) is 0. The SMILES string of the molecule is CCOC(=O)N1CCC(Oc2ccccc2Cl)C(c2ccccc2)C1. The van der Waals surface area contributed by atoms with Gasteiger partial charge in [0.25, 0.3) is 0 Å². The van der Waals surface area contributed by atoms with Crippen LogP contribution in [0, 0.1) is 0 Å². The number of carbonyl (C=O) groups is 1. The fourth-order valence-corrected chi connectivity index (χ4v) is 3.36. The highest BCUT2D eigenvalue weighted by Crippen LogP contribution is 2.33. The van der Waals surface area contributed by atoms with Gasteiger partial charge in [-0.1, -0.05) is 54.1 Å². The van der Waals surface area contributed by atoms with E-state index >= 15 is 0 Å². The summed E-state index contributed by atoms with van der Waals surface area (Å²) in [4.78, 5) is 13.9. The third-order valence-electron chi connectivity index (χ3n) is 4.42. The number of amides is 1. The summed E-state index contributed by atoms with van der Waals surface area (Å²) in [5.41, 5.74) is 1.15. The highest BCUT2D eigenvalue weighted by Gasteiger charge is 2.34. The lowest BCUT2D eigenvalue weighted by Gasteiger charge is -2.38. The lowest BCUT2D eigenvalue weighted by molar-refractivity contribution is 0.0574. The molecule has 0 aromatic heterocycles. The summed E-state index contributed by atoms with van der Waals surface area (Å²) in [7, 11) is 0. The maximum atomic E-state index is 12.1. The van der Waals surface area contributed by atoms with Gasteiger partial charge in [-0.2, -0.15) is 0 Å². The van der Waals surface area contributed by atoms with Crippen molar-refractivity contribution >= 4 is 17.7 Å². The van der Waals surface area contributed by atoms with Gasteiger partial charge in [0, 0.05) is 25.4 Å². The fourth-order valence-electron chi connectivity index (χ4n) is 3.18. The smallest absolute Gasteiger partial charge is 0.409 e. The molecule has 3 rings (SSSR count). The van der Waals surface area contributed by atoms with Gasteiger partial charge in [0.1, 0.15) is 11.9 Å². The summed E-state index contributed by atoms with van der Waals surface area (Å²) in [5.74, 6) is 0.746. The van der Waals surface area contributed by atoms with E-state index in [0.29, 0.717) is 30.5 Å². The van der Waals surface area contributed by atoms with Crippen LogP contribution in [0.4, 0.5) is 4.79 Å². The van der Waals surface area contributed by atoms with Gasteiger partial charge in [-0.3, -0.25) is 0 Å². The quantitative estimate of drug-likeness (QED) is 0.791. The minimum atomic E-state index is -0.264. The number of carbonyl (C=O) groups excluding carboxylic acids is 1. The molecular weight excluding hydrogens is 338 g/mol. The molecule has 1 aliphatic rings. The van der Waals surface area contributed by atoms with Crippen molar-refractivity contribution in [3.05, 3.63) is 65.2 Å². The Morgan fingerprint density at radius 3 is 2.60 bits per heavy atom. The molecule has 0 bridgehead atoms.